The molecule has 26 heavy (non-hydrogen) atoms. The number of furan rings is 1. The number of nitrogens with zero attached hydrogens (tertiary/aromatic N) is 2. The third kappa shape index (κ3) is 3.66. The fraction of sp³-hybridized carbons (Fsp3) is 0.500. The number of aryl methyl sites for hydroxylation is 1. The second-order valence-electron chi connectivity index (χ2n) is 7.09. The number of amides is 1. The lowest BCUT2D eigenvalue weighted by atomic mass is 10.1. The summed E-state index contributed by atoms with van der Waals surface area (Å²) < 4.78 is 17.3. The van der Waals surface area contributed by atoms with Gasteiger partial charge in [0.2, 0.25) is 0 Å². The van der Waals surface area contributed by atoms with Crippen molar-refractivity contribution in [2.45, 2.75) is 38.5 Å². The van der Waals surface area contributed by atoms with Crippen LogP contribution >= 0.6 is 0 Å². The Balaban J connectivity index is 1.34. The van der Waals surface area contributed by atoms with E-state index in [2.05, 4.69) is 4.98 Å². The first-order valence-corrected chi connectivity index (χ1v) is 9.16. The van der Waals surface area contributed by atoms with Crippen molar-refractivity contribution in [1.82, 2.24) is 9.88 Å². The highest BCUT2D eigenvalue weighted by Crippen LogP contribution is 2.35. The van der Waals surface area contributed by atoms with Gasteiger partial charge in [-0.05, 0) is 55.5 Å². The van der Waals surface area contributed by atoms with Crippen LogP contribution in [0.3, 0.4) is 0 Å². The summed E-state index contributed by atoms with van der Waals surface area (Å²) in [5.41, 5.74) is 1.12. The highest BCUT2D eigenvalue weighted by Gasteiger charge is 2.43. The molecule has 1 aliphatic heterocycles. The van der Waals surface area contributed by atoms with Crippen molar-refractivity contribution in [3.63, 3.8) is 0 Å². The molecule has 0 N–H and O–H groups in total. The molecule has 3 heterocycles. The maximum Gasteiger partial charge on any atom is 0.289 e. The first-order valence-electron chi connectivity index (χ1n) is 9.16. The van der Waals surface area contributed by atoms with Crippen LogP contribution in [0.4, 0.5) is 0 Å². The van der Waals surface area contributed by atoms with Crippen molar-refractivity contribution in [1.29, 1.82) is 0 Å². The van der Waals surface area contributed by atoms with Gasteiger partial charge in [0.05, 0.1) is 32.0 Å². The van der Waals surface area contributed by atoms with Gasteiger partial charge in [0, 0.05) is 18.9 Å². The lowest BCUT2D eigenvalue weighted by Crippen LogP contribution is -2.51. The topological polar surface area (TPSA) is 64.8 Å². The first kappa shape index (κ1) is 17.2. The number of ether oxygens (including phenoxy) is 2. The van der Waals surface area contributed by atoms with Gasteiger partial charge in [-0.2, -0.15) is 0 Å². The molecule has 2 aliphatic rings. The fourth-order valence-electron chi connectivity index (χ4n) is 3.95. The Bertz CT molecular complexity index is 745. The van der Waals surface area contributed by atoms with Crippen LogP contribution in [0.1, 0.15) is 34.7 Å². The predicted octanol–water partition coefficient (Wildman–Crippen LogP) is 2.82. The van der Waals surface area contributed by atoms with Crippen LogP contribution in [0.5, 0.6) is 0 Å². The van der Waals surface area contributed by atoms with E-state index >= 15 is 0 Å². The van der Waals surface area contributed by atoms with Gasteiger partial charge >= 0.3 is 0 Å². The second kappa shape index (κ2) is 7.60. The SMILES string of the molecule is Cc1ccc(C(=O)N2CCOC3CC(COCc4ccncc4)CC32)o1. The number of aromatic nitrogens is 1. The van der Waals surface area contributed by atoms with E-state index in [1.54, 1.807) is 18.5 Å². The summed E-state index contributed by atoms with van der Waals surface area (Å²) in [5.74, 6) is 1.54. The smallest absolute Gasteiger partial charge is 0.289 e. The van der Waals surface area contributed by atoms with Crippen molar-refractivity contribution >= 4 is 5.91 Å². The van der Waals surface area contributed by atoms with E-state index in [-0.39, 0.29) is 18.1 Å². The molecule has 2 fully saturated rings. The lowest BCUT2D eigenvalue weighted by Gasteiger charge is -2.37. The molecule has 3 atom stereocenters. The molecular formula is C20H24N2O4. The van der Waals surface area contributed by atoms with Gasteiger partial charge in [-0.25, -0.2) is 0 Å². The van der Waals surface area contributed by atoms with E-state index in [4.69, 9.17) is 13.9 Å². The quantitative estimate of drug-likeness (QED) is 0.824. The number of hydrogen-bond donors (Lipinski definition) is 0. The zero-order valence-corrected chi connectivity index (χ0v) is 15.0. The van der Waals surface area contributed by atoms with Crippen molar-refractivity contribution in [2.75, 3.05) is 19.8 Å². The monoisotopic (exact) mass is 356 g/mol. The zero-order valence-electron chi connectivity index (χ0n) is 15.0. The van der Waals surface area contributed by atoms with E-state index in [1.165, 1.54) is 0 Å². The summed E-state index contributed by atoms with van der Waals surface area (Å²) in [6.07, 6.45) is 5.49. The molecule has 6 nitrogen and oxygen atoms in total. The molecule has 0 radical (unpaired) electrons. The summed E-state index contributed by atoms with van der Waals surface area (Å²) >= 11 is 0. The number of morpholine rings is 1. The molecule has 1 saturated heterocycles. The second-order valence-corrected chi connectivity index (χ2v) is 7.09. The van der Waals surface area contributed by atoms with Crippen LogP contribution in [0.15, 0.2) is 41.1 Å². The number of rotatable bonds is 5. The van der Waals surface area contributed by atoms with Crippen LogP contribution in [0, 0.1) is 12.8 Å². The van der Waals surface area contributed by atoms with Gasteiger partial charge in [0.1, 0.15) is 5.76 Å². The number of fused-ring (bicyclic) bond motifs is 1. The Labute approximate surface area is 153 Å². The number of pyridine rings is 1. The average Bonchev–Trinajstić information content (AvgIpc) is 3.27. The lowest BCUT2D eigenvalue weighted by molar-refractivity contribution is -0.0459. The summed E-state index contributed by atoms with van der Waals surface area (Å²) in [6.45, 7) is 4.32. The maximum atomic E-state index is 12.8. The third-order valence-electron chi connectivity index (χ3n) is 5.22. The molecule has 3 unspecified atom stereocenters. The minimum absolute atomic E-state index is 0.0326. The Kier molecular flexibility index (Phi) is 5.04. The van der Waals surface area contributed by atoms with E-state index in [1.807, 2.05) is 30.0 Å². The Morgan fingerprint density at radius 1 is 1.27 bits per heavy atom. The van der Waals surface area contributed by atoms with Gasteiger partial charge in [-0.15, -0.1) is 0 Å². The highest BCUT2D eigenvalue weighted by atomic mass is 16.5. The minimum Gasteiger partial charge on any atom is -0.456 e. The molecule has 0 spiro atoms. The molecule has 1 aliphatic carbocycles. The number of carbonyl (C=O) groups excluding carboxylic acids is 1. The Hall–Kier alpha value is -2.18. The van der Waals surface area contributed by atoms with Crippen LogP contribution in [-0.2, 0) is 16.1 Å². The molecular weight excluding hydrogens is 332 g/mol. The van der Waals surface area contributed by atoms with E-state index < -0.39 is 0 Å². The van der Waals surface area contributed by atoms with Crippen LogP contribution in [-0.4, -0.2) is 47.7 Å². The normalized spacial score (nSPS) is 25.3. The molecule has 138 valence electrons. The van der Waals surface area contributed by atoms with E-state index in [0.717, 1.165) is 24.2 Å². The van der Waals surface area contributed by atoms with Crippen molar-refractivity contribution in [3.05, 3.63) is 53.7 Å². The largest absolute Gasteiger partial charge is 0.456 e. The zero-order chi connectivity index (χ0) is 17.9. The summed E-state index contributed by atoms with van der Waals surface area (Å²) in [5, 5.41) is 0. The summed E-state index contributed by atoms with van der Waals surface area (Å²) in [7, 11) is 0. The molecule has 6 heteroatoms. The molecule has 0 aromatic carbocycles. The van der Waals surface area contributed by atoms with Gasteiger partial charge in [-0.3, -0.25) is 9.78 Å². The standard InChI is InChI=1S/C20H24N2O4/c1-14-2-3-18(26-14)20(23)22-8-9-25-19-11-16(10-17(19)22)13-24-12-15-4-6-21-7-5-15/h2-7,16-17,19H,8-13H2,1H3. The van der Waals surface area contributed by atoms with E-state index in [0.29, 0.717) is 38.0 Å². The van der Waals surface area contributed by atoms with Crippen LogP contribution in [0.2, 0.25) is 0 Å². The molecule has 1 amide bonds. The van der Waals surface area contributed by atoms with Crippen molar-refractivity contribution < 1.29 is 18.7 Å². The Morgan fingerprint density at radius 3 is 2.88 bits per heavy atom. The number of carbonyl (C=O) groups is 1. The van der Waals surface area contributed by atoms with Crippen LogP contribution in [0.25, 0.3) is 0 Å². The molecule has 4 rings (SSSR count). The van der Waals surface area contributed by atoms with Crippen LogP contribution < -0.4 is 0 Å². The van der Waals surface area contributed by atoms with Gasteiger partial charge in [0.25, 0.3) is 5.91 Å². The summed E-state index contributed by atoms with van der Waals surface area (Å²) in [4.78, 5) is 18.7. The third-order valence-corrected chi connectivity index (χ3v) is 5.22. The van der Waals surface area contributed by atoms with Gasteiger partial charge < -0.3 is 18.8 Å². The van der Waals surface area contributed by atoms with Gasteiger partial charge in [0.15, 0.2) is 5.76 Å². The number of hydrogen-bond acceptors (Lipinski definition) is 5. The average molecular weight is 356 g/mol. The minimum atomic E-state index is -0.0326. The summed E-state index contributed by atoms with van der Waals surface area (Å²) in [6, 6.07) is 7.62. The maximum absolute atomic E-state index is 12.8. The molecule has 2 aromatic rings. The molecule has 0 bridgehead atoms. The fourth-order valence-corrected chi connectivity index (χ4v) is 3.95. The van der Waals surface area contributed by atoms with E-state index in [9.17, 15) is 4.79 Å². The van der Waals surface area contributed by atoms with Crippen molar-refractivity contribution in [2.24, 2.45) is 5.92 Å². The Morgan fingerprint density at radius 2 is 2.12 bits per heavy atom. The molecule has 1 saturated carbocycles. The highest BCUT2D eigenvalue weighted by molar-refractivity contribution is 5.92. The van der Waals surface area contributed by atoms with Crippen molar-refractivity contribution in [3.8, 4) is 0 Å². The molecule has 2 aromatic heterocycles. The van der Waals surface area contributed by atoms with Gasteiger partial charge in [-0.1, -0.05) is 0 Å². The predicted molar refractivity (Wildman–Crippen MR) is 94.6 cm³/mol. The first-order chi connectivity index (χ1) is 12.7.